The fourth-order valence-electron chi connectivity index (χ4n) is 2.08. The lowest BCUT2D eigenvalue weighted by molar-refractivity contribution is 0.0956. The van der Waals surface area contributed by atoms with E-state index >= 15 is 0 Å². The van der Waals surface area contributed by atoms with Gasteiger partial charge in [-0.25, -0.2) is 4.98 Å². The maximum Gasteiger partial charge on any atom is 0.282 e. The Kier molecular flexibility index (Phi) is 3.38. The highest BCUT2D eigenvalue weighted by Crippen LogP contribution is 2.17. The highest BCUT2D eigenvalue weighted by Gasteiger charge is 2.16. The average Bonchev–Trinajstić information content (AvgIpc) is 2.39. The Morgan fingerprint density at radius 2 is 1.95 bits per heavy atom. The van der Waals surface area contributed by atoms with Crippen LogP contribution in [0.3, 0.4) is 0 Å². The SMILES string of the molecule is CCn1c(=O)c(C(=O)NC)nc2cc(C)c(C)cc21. The van der Waals surface area contributed by atoms with Gasteiger partial charge in [-0.15, -0.1) is 0 Å². The first kappa shape index (κ1) is 13.3. The van der Waals surface area contributed by atoms with Crippen LogP contribution in [0.2, 0.25) is 0 Å². The van der Waals surface area contributed by atoms with Crippen molar-refractivity contribution in [2.24, 2.45) is 0 Å². The third-order valence-electron chi connectivity index (χ3n) is 3.32. The number of amides is 1. The van der Waals surface area contributed by atoms with E-state index in [2.05, 4.69) is 10.3 Å². The topological polar surface area (TPSA) is 64.0 Å². The summed E-state index contributed by atoms with van der Waals surface area (Å²) in [5.41, 5.74) is 3.22. The molecule has 0 unspecified atom stereocenters. The summed E-state index contributed by atoms with van der Waals surface area (Å²) in [6.45, 7) is 6.36. The third kappa shape index (κ3) is 2.12. The lowest BCUT2D eigenvalue weighted by atomic mass is 10.1. The molecule has 0 aliphatic heterocycles. The molecule has 1 aromatic carbocycles. The Labute approximate surface area is 111 Å². The number of rotatable bonds is 2. The van der Waals surface area contributed by atoms with E-state index < -0.39 is 5.91 Å². The molecule has 19 heavy (non-hydrogen) atoms. The van der Waals surface area contributed by atoms with Gasteiger partial charge in [-0.1, -0.05) is 0 Å². The van der Waals surface area contributed by atoms with E-state index in [1.54, 1.807) is 4.57 Å². The molecule has 100 valence electrons. The largest absolute Gasteiger partial charge is 0.354 e. The summed E-state index contributed by atoms with van der Waals surface area (Å²) < 4.78 is 1.58. The summed E-state index contributed by atoms with van der Waals surface area (Å²) >= 11 is 0. The summed E-state index contributed by atoms with van der Waals surface area (Å²) in [4.78, 5) is 28.2. The molecule has 0 aliphatic rings. The summed E-state index contributed by atoms with van der Waals surface area (Å²) in [5, 5.41) is 2.45. The molecule has 5 heteroatoms. The number of hydrogen-bond donors (Lipinski definition) is 1. The number of aryl methyl sites for hydroxylation is 3. The van der Waals surface area contributed by atoms with Crippen LogP contribution >= 0.6 is 0 Å². The number of carbonyl (C=O) groups is 1. The molecule has 0 fully saturated rings. The molecule has 0 aliphatic carbocycles. The van der Waals surface area contributed by atoms with E-state index in [1.807, 2.05) is 32.9 Å². The third-order valence-corrected chi connectivity index (χ3v) is 3.32. The van der Waals surface area contributed by atoms with E-state index in [-0.39, 0.29) is 11.3 Å². The Hall–Kier alpha value is -2.17. The number of hydrogen-bond acceptors (Lipinski definition) is 3. The van der Waals surface area contributed by atoms with Gasteiger partial charge in [-0.05, 0) is 44.0 Å². The molecular weight excluding hydrogens is 242 g/mol. The minimum absolute atomic E-state index is 0.0555. The van der Waals surface area contributed by atoms with Crippen LogP contribution in [-0.4, -0.2) is 22.5 Å². The van der Waals surface area contributed by atoms with Crippen molar-refractivity contribution >= 4 is 16.9 Å². The van der Waals surface area contributed by atoms with Crippen molar-refractivity contribution < 1.29 is 4.79 Å². The predicted molar refractivity (Wildman–Crippen MR) is 74.5 cm³/mol. The lowest BCUT2D eigenvalue weighted by Gasteiger charge is -2.11. The first-order valence-corrected chi connectivity index (χ1v) is 6.23. The zero-order chi connectivity index (χ0) is 14.2. The molecule has 0 saturated carbocycles. The molecule has 1 heterocycles. The maximum atomic E-state index is 12.3. The summed E-state index contributed by atoms with van der Waals surface area (Å²) in [7, 11) is 1.49. The molecule has 1 aromatic heterocycles. The molecule has 0 atom stereocenters. The van der Waals surface area contributed by atoms with E-state index in [9.17, 15) is 9.59 Å². The smallest absolute Gasteiger partial charge is 0.282 e. The zero-order valence-electron chi connectivity index (χ0n) is 11.6. The second-order valence-electron chi connectivity index (χ2n) is 4.51. The highest BCUT2D eigenvalue weighted by atomic mass is 16.2. The van der Waals surface area contributed by atoms with E-state index in [0.717, 1.165) is 16.6 Å². The maximum absolute atomic E-state index is 12.3. The van der Waals surface area contributed by atoms with Gasteiger partial charge in [0.05, 0.1) is 11.0 Å². The van der Waals surface area contributed by atoms with Crippen LogP contribution in [0.15, 0.2) is 16.9 Å². The predicted octanol–water partition coefficient (Wildman–Crippen LogP) is 1.39. The number of aromatic nitrogens is 2. The first-order chi connectivity index (χ1) is 8.99. The molecule has 0 bridgehead atoms. The quantitative estimate of drug-likeness (QED) is 0.886. The van der Waals surface area contributed by atoms with Gasteiger partial charge < -0.3 is 9.88 Å². The fraction of sp³-hybridized carbons (Fsp3) is 0.357. The summed E-state index contributed by atoms with van der Waals surface area (Å²) in [6.07, 6.45) is 0. The minimum atomic E-state index is -0.452. The van der Waals surface area contributed by atoms with Crippen LogP contribution in [0.4, 0.5) is 0 Å². The minimum Gasteiger partial charge on any atom is -0.354 e. The monoisotopic (exact) mass is 259 g/mol. The lowest BCUT2D eigenvalue weighted by Crippen LogP contribution is -2.33. The van der Waals surface area contributed by atoms with Gasteiger partial charge >= 0.3 is 0 Å². The van der Waals surface area contributed by atoms with E-state index in [4.69, 9.17) is 0 Å². The van der Waals surface area contributed by atoms with Gasteiger partial charge in [0.2, 0.25) is 0 Å². The van der Waals surface area contributed by atoms with Crippen molar-refractivity contribution in [3.63, 3.8) is 0 Å². The average molecular weight is 259 g/mol. The van der Waals surface area contributed by atoms with Gasteiger partial charge in [-0.3, -0.25) is 9.59 Å². The molecule has 0 spiro atoms. The summed E-state index contributed by atoms with van der Waals surface area (Å²) in [5.74, 6) is -0.452. The standard InChI is InChI=1S/C14H17N3O2/c1-5-17-11-7-9(3)8(2)6-10(11)16-12(14(17)19)13(18)15-4/h6-7H,5H2,1-4H3,(H,15,18). The van der Waals surface area contributed by atoms with Gasteiger partial charge in [0.25, 0.3) is 11.5 Å². The molecular formula is C14H17N3O2. The van der Waals surface area contributed by atoms with Crippen molar-refractivity contribution in [2.45, 2.75) is 27.3 Å². The van der Waals surface area contributed by atoms with Crippen molar-refractivity contribution in [1.29, 1.82) is 0 Å². The molecule has 2 aromatic rings. The molecule has 0 saturated heterocycles. The van der Waals surface area contributed by atoms with Crippen molar-refractivity contribution in [3.8, 4) is 0 Å². The normalized spacial score (nSPS) is 10.7. The van der Waals surface area contributed by atoms with E-state index in [0.29, 0.717) is 12.1 Å². The van der Waals surface area contributed by atoms with Crippen molar-refractivity contribution in [1.82, 2.24) is 14.9 Å². The van der Waals surface area contributed by atoms with Crippen molar-refractivity contribution in [2.75, 3.05) is 7.05 Å². The van der Waals surface area contributed by atoms with E-state index in [1.165, 1.54) is 7.05 Å². The number of nitrogens with zero attached hydrogens (tertiary/aromatic N) is 2. The van der Waals surface area contributed by atoms with Crippen LogP contribution in [0.5, 0.6) is 0 Å². The first-order valence-electron chi connectivity index (χ1n) is 6.23. The number of carbonyl (C=O) groups excluding carboxylic acids is 1. The van der Waals surface area contributed by atoms with Gasteiger partial charge in [-0.2, -0.15) is 0 Å². The van der Waals surface area contributed by atoms with Crippen LogP contribution in [0.1, 0.15) is 28.5 Å². The fourth-order valence-corrected chi connectivity index (χ4v) is 2.08. The molecule has 0 radical (unpaired) electrons. The van der Waals surface area contributed by atoms with Crippen LogP contribution in [0.25, 0.3) is 11.0 Å². The second-order valence-corrected chi connectivity index (χ2v) is 4.51. The Balaban J connectivity index is 2.90. The number of nitrogens with one attached hydrogen (secondary N) is 1. The highest BCUT2D eigenvalue weighted by molar-refractivity contribution is 5.93. The van der Waals surface area contributed by atoms with Crippen LogP contribution in [-0.2, 0) is 6.54 Å². The zero-order valence-corrected chi connectivity index (χ0v) is 11.6. The summed E-state index contributed by atoms with van der Waals surface area (Å²) in [6, 6.07) is 3.85. The molecule has 1 N–H and O–H groups in total. The Morgan fingerprint density at radius 3 is 2.53 bits per heavy atom. The van der Waals surface area contributed by atoms with Gasteiger partial charge in [0, 0.05) is 13.6 Å². The Bertz CT molecular complexity index is 717. The number of benzene rings is 1. The number of fused-ring (bicyclic) bond motifs is 1. The Morgan fingerprint density at radius 1 is 1.32 bits per heavy atom. The second kappa shape index (κ2) is 4.84. The molecule has 2 rings (SSSR count). The molecule has 5 nitrogen and oxygen atoms in total. The van der Waals surface area contributed by atoms with Crippen LogP contribution < -0.4 is 10.9 Å². The molecule has 1 amide bonds. The van der Waals surface area contributed by atoms with Gasteiger partial charge in [0.1, 0.15) is 0 Å². The van der Waals surface area contributed by atoms with Crippen LogP contribution in [0, 0.1) is 13.8 Å². The van der Waals surface area contributed by atoms with Gasteiger partial charge in [0.15, 0.2) is 5.69 Å². The van der Waals surface area contributed by atoms with Crippen molar-refractivity contribution in [3.05, 3.63) is 39.3 Å².